The van der Waals surface area contributed by atoms with Gasteiger partial charge in [-0.15, -0.1) is 0 Å². The third-order valence-corrected chi connectivity index (χ3v) is 4.26. The van der Waals surface area contributed by atoms with Crippen LogP contribution in [0.1, 0.15) is 12.5 Å². The summed E-state index contributed by atoms with van der Waals surface area (Å²) in [7, 11) is 0. The molecule has 0 bridgehead atoms. The summed E-state index contributed by atoms with van der Waals surface area (Å²) in [5.74, 6) is 1.69. The van der Waals surface area contributed by atoms with E-state index >= 15 is 0 Å². The van der Waals surface area contributed by atoms with Gasteiger partial charge in [0.25, 0.3) is 0 Å². The van der Waals surface area contributed by atoms with Crippen LogP contribution in [0.3, 0.4) is 0 Å². The number of nitrogens with zero attached hydrogens (tertiary/aromatic N) is 2. The van der Waals surface area contributed by atoms with E-state index in [4.69, 9.17) is 4.74 Å². The van der Waals surface area contributed by atoms with Crippen molar-refractivity contribution in [1.29, 1.82) is 0 Å². The van der Waals surface area contributed by atoms with Crippen molar-refractivity contribution in [3.05, 3.63) is 46.7 Å². The molecule has 4 nitrogen and oxygen atoms in total. The Morgan fingerprint density at radius 2 is 2.19 bits per heavy atom. The number of aromatic nitrogens is 3. The van der Waals surface area contributed by atoms with Crippen molar-refractivity contribution in [2.75, 3.05) is 6.61 Å². The Kier molecular flexibility index (Phi) is 4.45. The van der Waals surface area contributed by atoms with Crippen LogP contribution in [0.15, 0.2) is 46.3 Å². The van der Waals surface area contributed by atoms with Crippen molar-refractivity contribution in [1.82, 2.24) is 15.0 Å². The maximum Gasteiger partial charge on any atom is 0.166 e. The van der Waals surface area contributed by atoms with Gasteiger partial charge in [0.1, 0.15) is 5.75 Å². The first kappa shape index (κ1) is 14.4. The van der Waals surface area contributed by atoms with Gasteiger partial charge in [-0.05, 0) is 46.6 Å². The second-order valence-electron chi connectivity index (χ2n) is 4.45. The molecule has 2 heterocycles. The van der Waals surface area contributed by atoms with Gasteiger partial charge in [0.15, 0.2) is 5.16 Å². The number of hydrogen-bond acceptors (Lipinski definition) is 4. The van der Waals surface area contributed by atoms with Gasteiger partial charge in [-0.25, -0.2) is 4.98 Å². The smallest absolute Gasteiger partial charge is 0.166 e. The normalized spacial score (nSPS) is 11.0. The van der Waals surface area contributed by atoms with E-state index in [0.29, 0.717) is 6.61 Å². The highest BCUT2D eigenvalue weighted by Crippen LogP contribution is 2.25. The molecule has 3 rings (SSSR count). The van der Waals surface area contributed by atoms with Gasteiger partial charge in [-0.3, -0.25) is 4.98 Å². The van der Waals surface area contributed by atoms with Crippen LogP contribution < -0.4 is 4.74 Å². The molecule has 0 saturated carbocycles. The van der Waals surface area contributed by atoms with Gasteiger partial charge in [0, 0.05) is 28.7 Å². The minimum atomic E-state index is 0.664. The standard InChI is InChI=1S/C15H14BrN3OS/c1-2-20-12-3-4-13-14(6-12)19-15(18-13)21-9-10-5-11(16)8-17-7-10/h3-8H,2,9H2,1H3,(H,18,19). The third-order valence-electron chi connectivity index (χ3n) is 2.88. The fourth-order valence-corrected chi connectivity index (χ4v) is 3.20. The van der Waals surface area contributed by atoms with Crippen LogP contribution in [0.5, 0.6) is 5.75 Å². The summed E-state index contributed by atoms with van der Waals surface area (Å²) < 4.78 is 6.49. The van der Waals surface area contributed by atoms with Gasteiger partial charge in [0.05, 0.1) is 17.6 Å². The first-order chi connectivity index (χ1) is 10.2. The Bertz CT molecular complexity index is 760. The molecule has 108 valence electrons. The molecule has 21 heavy (non-hydrogen) atoms. The number of H-pyrrole nitrogens is 1. The van der Waals surface area contributed by atoms with Gasteiger partial charge in [-0.2, -0.15) is 0 Å². The van der Waals surface area contributed by atoms with Crippen molar-refractivity contribution in [3.63, 3.8) is 0 Å². The summed E-state index contributed by atoms with van der Waals surface area (Å²) >= 11 is 5.09. The molecule has 0 amide bonds. The molecule has 0 spiro atoms. The van der Waals surface area contributed by atoms with Crippen LogP contribution in [0, 0.1) is 0 Å². The first-order valence-electron chi connectivity index (χ1n) is 6.59. The number of benzene rings is 1. The number of pyridine rings is 1. The zero-order valence-corrected chi connectivity index (χ0v) is 13.9. The van der Waals surface area contributed by atoms with Crippen molar-refractivity contribution in [2.24, 2.45) is 0 Å². The molecule has 0 radical (unpaired) electrons. The number of aromatic amines is 1. The van der Waals surface area contributed by atoms with E-state index in [1.54, 1.807) is 18.0 Å². The minimum Gasteiger partial charge on any atom is -0.494 e. The lowest BCUT2D eigenvalue weighted by molar-refractivity contribution is 0.340. The quantitative estimate of drug-likeness (QED) is 0.682. The number of ether oxygens (including phenoxy) is 1. The maximum absolute atomic E-state index is 5.50. The molecule has 0 fully saturated rings. The fraction of sp³-hybridized carbons (Fsp3) is 0.200. The summed E-state index contributed by atoms with van der Waals surface area (Å²) in [6.07, 6.45) is 3.65. The molecular formula is C15H14BrN3OS. The number of imidazole rings is 1. The zero-order valence-electron chi connectivity index (χ0n) is 11.5. The van der Waals surface area contributed by atoms with Crippen LogP contribution in [-0.2, 0) is 5.75 Å². The fourth-order valence-electron chi connectivity index (χ4n) is 1.98. The predicted molar refractivity (Wildman–Crippen MR) is 88.8 cm³/mol. The molecule has 0 aliphatic heterocycles. The molecule has 6 heteroatoms. The summed E-state index contributed by atoms with van der Waals surface area (Å²) in [6.45, 7) is 2.64. The van der Waals surface area contributed by atoms with Crippen molar-refractivity contribution in [3.8, 4) is 5.75 Å². The van der Waals surface area contributed by atoms with Crippen LogP contribution in [0.2, 0.25) is 0 Å². The van der Waals surface area contributed by atoms with Crippen LogP contribution >= 0.6 is 27.7 Å². The summed E-state index contributed by atoms with van der Waals surface area (Å²) in [6, 6.07) is 7.97. The molecule has 0 aliphatic rings. The van der Waals surface area contributed by atoms with E-state index in [1.807, 2.05) is 31.3 Å². The van der Waals surface area contributed by atoms with E-state index in [0.717, 1.165) is 37.7 Å². The van der Waals surface area contributed by atoms with Crippen molar-refractivity contribution in [2.45, 2.75) is 17.8 Å². The van der Waals surface area contributed by atoms with Crippen LogP contribution in [0.4, 0.5) is 0 Å². The van der Waals surface area contributed by atoms with E-state index in [2.05, 4.69) is 36.9 Å². The average Bonchev–Trinajstić information content (AvgIpc) is 2.88. The summed E-state index contributed by atoms with van der Waals surface area (Å²) in [5.41, 5.74) is 3.11. The monoisotopic (exact) mass is 363 g/mol. The highest BCUT2D eigenvalue weighted by molar-refractivity contribution is 9.10. The Hall–Kier alpha value is -1.53. The lowest BCUT2D eigenvalue weighted by Gasteiger charge is -2.00. The SMILES string of the molecule is CCOc1ccc2nc(SCc3cncc(Br)c3)[nH]c2c1. The first-order valence-corrected chi connectivity index (χ1v) is 8.37. The molecular weight excluding hydrogens is 350 g/mol. The van der Waals surface area contributed by atoms with Crippen LogP contribution in [-0.4, -0.2) is 21.6 Å². The molecule has 0 aliphatic carbocycles. The Morgan fingerprint density at radius 3 is 3.00 bits per heavy atom. The summed E-state index contributed by atoms with van der Waals surface area (Å²) in [5, 5.41) is 0.902. The number of halogens is 1. The lowest BCUT2D eigenvalue weighted by Crippen LogP contribution is -1.90. The maximum atomic E-state index is 5.50. The highest BCUT2D eigenvalue weighted by Gasteiger charge is 2.05. The number of hydrogen-bond donors (Lipinski definition) is 1. The molecule has 1 N–H and O–H groups in total. The summed E-state index contributed by atoms with van der Waals surface area (Å²) in [4.78, 5) is 12.1. The predicted octanol–water partition coefficient (Wildman–Crippen LogP) is 4.41. The number of fused-ring (bicyclic) bond motifs is 1. The zero-order chi connectivity index (χ0) is 14.7. The van der Waals surface area contributed by atoms with Crippen LogP contribution in [0.25, 0.3) is 11.0 Å². The molecule has 1 aromatic carbocycles. The van der Waals surface area contributed by atoms with E-state index in [-0.39, 0.29) is 0 Å². The highest BCUT2D eigenvalue weighted by atomic mass is 79.9. The lowest BCUT2D eigenvalue weighted by atomic mass is 10.3. The second-order valence-corrected chi connectivity index (χ2v) is 6.33. The Balaban J connectivity index is 1.75. The number of rotatable bonds is 5. The minimum absolute atomic E-state index is 0.664. The number of nitrogens with one attached hydrogen (secondary N) is 1. The van der Waals surface area contributed by atoms with Gasteiger partial charge < -0.3 is 9.72 Å². The Morgan fingerprint density at radius 1 is 1.29 bits per heavy atom. The topological polar surface area (TPSA) is 50.8 Å². The largest absolute Gasteiger partial charge is 0.494 e. The second kappa shape index (κ2) is 6.49. The van der Waals surface area contributed by atoms with E-state index in [1.165, 1.54) is 0 Å². The molecule has 2 aromatic heterocycles. The van der Waals surface area contributed by atoms with Crippen molar-refractivity contribution < 1.29 is 4.74 Å². The van der Waals surface area contributed by atoms with Crippen molar-refractivity contribution >= 4 is 38.7 Å². The molecule has 0 atom stereocenters. The van der Waals surface area contributed by atoms with E-state index in [9.17, 15) is 0 Å². The third kappa shape index (κ3) is 3.57. The average molecular weight is 364 g/mol. The van der Waals surface area contributed by atoms with Gasteiger partial charge in [0.2, 0.25) is 0 Å². The molecule has 3 aromatic rings. The molecule has 0 saturated heterocycles. The number of thioether (sulfide) groups is 1. The Labute approximate surface area is 135 Å². The van der Waals surface area contributed by atoms with Gasteiger partial charge in [-0.1, -0.05) is 11.8 Å². The van der Waals surface area contributed by atoms with E-state index < -0.39 is 0 Å². The molecule has 0 unspecified atom stereocenters. The van der Waals surface area contributed by atoms with Gasteiger partial charge >= 0.3 is 0 Å².